The Hall–Kier alpha value is -1.85. The van der Waals surface area contributed by atoms with Crippen molar-refractivity contribution in [1.29, 1.82) is 0 Å². The van der Waals surface area contributed by atoms with E-state index in [1.807, 2.05) is 32.4 Å². The van der Waals surface area contributed by atoms with Crippen LogP contribution in [0.4, 0.5) is 0 Å². The van der Waals surface area contributed by atoms with Gasteiger partial charge < -0.3 is 4.57 Å². The normalized spacial score (nSPS) is 12.0. The second-order valence-corrected chi connectivity index (χ2v) is 5.10. The molecule has 0 atom stereocenters. The molecule has 0 N–H and O–H groups in total. The standard InChI is InChI=1S/C11H16N4O2/c1-11(2,3)9-13-17-10(16)15(9)6-8-5-12-7-14(8)4/h5,7H,6H2,1-4H3. The fourth-order valence-electron chi connectivity index (χ4n) is 1.65. The summed E-state index contributed by atoms with van der Waals surface area (Å²) in [6.07, 6.45) is 3.43. The number of hydrogen-bond acceptors (Lipinski definition) is 4. The summed E-state index contributed by atoms with van der Waals surface area (Å²) in [5, 5.41) is 3.84. The first-order chi connectivity index (χ1) is 7.89. The summed E-state index contributed by atoms with van der Waals surface area (Å²) >= 11 is 0. The average Bonchev–Trinajstić information content (AvgIpc) is 2.75. The molecule has 0 radical (unpaired) electrons. The molecule has 0 fully saturated rings. The number of aromatic nitrogens is 4. The quantitative estimate of drug-likeness (QED) is 0.777. The smallest absolute Gasteiger partial charge is 0.336 e. The molecule has 0 aliphatic carbocycles. The molecule has 6 heteroatoms. The summed E-state index contributed by atoms with van der Waals surface area (Å²) in [7, 11) is 1.89. The molecule has 92 valence electrons. The van der Waals surface area contributed by atoms with Gasteiger partial charge >= 0.3 is 5.76 Å². The Morgan fingerprint density at radius 1 is 1.41 bits per heavy atom. The number of imidazole rings is 1. The molecule has 0 amide bonds. The van der Waals surface area contributed by atoms with Crippen molar-refractivity contribution in [3.8, 4) is 0 Å². The van der Waals surface area contributed by atoms with E-state index < -0.39 is 5.76 Å². The molecule has 0 aromatic carbocycles. The molecule has 0 aliphatic heterocycles. The molecule has 0 bridgehead atoms. The van der Waals surface area contributed by atoms with Gasteiger partial charge in [-0.25, -0.2) is 9.78 Å². The van der Waals surface area contributed by atoms with Gasteiger partial charge in [-0.05, 0) is 0 Å². The molecule has 0 saturated heterocycles. The van der Waals surface area contributed by atoms with Gasteiger partial charge in [-0.1, -0.05) is 25.9 Å². The first-order valence-electron chi connectivity index (χ1n) is 5.42. The van der Waals surface area contributed by atoms with Crippen molar-refractivity contribution < 1.29 is 4.52 Å². The second-order valence-electron chi connectivity index (χ2n) is 5.10. The Kier molecular flexibility index (Phi) is 2.65. The first kappa shape index (κ1) is 11.6. The summed E-state index contributed by atoms with van der Waals surface area (Å²) in [6, 6.07) is 0. The van der Waals surface area contributed by atoms with Crippen LogP contribution in [0.1, 0.15) is 32.3 Å². The highest BCUT2D eigenvalue weighted by Crippen LogP contribution is 2.19. The van der Waals surface area contributed by atoms with Gasteiger partial charge in [0.2, 0.25) is 0 Å². The molecular formula is C11H16N4O2. The van der Waals surface area contributed by atoms with E-state index >= 15 is 0 Å². The molecule has 2 heterocycles. The molecule has 17 heavy (non-hydrogen) atoms. The number of rotatable bonds is 2. The highest BCUT2D eigenvalue weighted by molar-refractivity contribution is 5.05. The lowest BCUT2D eigenvalue weighted by Crippen LogP contribution is -2.25. The lowest BCUT2D eigenvalue weighted by molar-refractivity contribution is 0.367. The van der Waals surface area contributed by atoms with Crippen molar-refractivity contribution in [2.45, 2.75) is 32.7 Å². The van der Waals surface area contributed by atoms with E-state index in [-0.39, 0.29) is 5.41 Å². The van der Waals surface area contributed by atoms with Crippen LogP contribution in [0.15, 0.2) is 21.8 Å². The average molecular weight is 236 g/mol. The van der Waals surface area contributed by atoms with Gasteiger partial charge in [-0.15, -0.1) is 0 Å². The predicted molar refractivity (Wildman–Crippen MR) is 61.8 cm³/mol. The molecule has 0 spiro atoms. The van der Waals surface area contributed by atoms with Gasteiger partial charge in [-0.3, -0.25) is 9.09 Å². The highest BCUT2D eigenvalue weighted by atomic mass is 16.5. The number of aryl methyl sites for hydroxylation is 1. The fourth-order valence-corrected chi connectivity index (χ4v) is 1.65. The van der Waals surface area contributed by atoms with Crippen LogP contribution in [0, 0.1) is 0 Å². The van der Waals surface area contributed by atoms with Crippen LogP contribution in [0.2, 0.25) is 0 Å². The van der Waals surface area contributed by atoms with Crippen LogP contribution >= 0.6 is 0 Å². The predicted octanol–water partition coefficient (Wildman–Crippen LogP) is 0.916. The fraction of sp³-hybridized carbons (Fsp3) is 0.545. The van der Waals surface area contributed by atoms with Crippen LogP contribution < -0.4 is 5.76 Å². The maximum atomic E-state index is 11.6. The summed E-state index contributed by atoms with van der Waals surface area (Å²) in [5.74, 6) is 0.208. The minimum Gasteiger partial charge on any atom is -0.336 e. The van der Waals surface area contributed by atoms with Crippen LogP contribution in [-0.4, -0.2) is 19.3 Å². The summed E-state index contributed by atoms with van der Waals surface area (Å²) in [5.41, 5.74) is 0.700. The van der Waals surface area contributed by atoms with Crippen molar-refractivity contribution in [1.82, 2.24) is 19.3 Å². The monoisotopic (exact) mass is 236 g/mol. The third kappa shape index (κ3) is 2.15. The van der Waals surface area contributed by atoms with Crippen molar-refractivity contribution >= 4 is 0 Å². The lowest BCUT2D eigenvalue weighted by atomic mass is 9.96. The molecular weight excluding hydrogens is 220 g/mol. The van der Waals surface area contributed by atoms with E-state index in [0.29, 0.717) is 12.4 Å². The molecule has 0 aliphatic rings. The first-order valence-corrected chi connectivity index (χ1v) is 5.42. The molecule has 2 aromatic heterocycles. The Morgan fingerprint density at radius 3 is 2.65 bits per heavy atom. The van der Waals surface area contributed by atoms with Gasteiger partial charge in [0.25, 0.3) is 0 Å². The van der Waals surface area contributed by atoms with E-state index in [1.54, 1.807) is 12.5 Å². The molecule has 6 nitrogen and oxygen atoms in total. The van der Waals surface area contributed by atoms with Crippen LogP contribution in [0.3, 0.4) is 0 Å². The van der Waals surface area contributed by atoms with E-state index in [9.17, 15) is 4.79 Å². The Labute approximate surface area is 98.9 Å². The zero-order valence-corrected chi connectivity index (χ0v) is 10.5. The van der Waals surface area contributed by atoms with Crippen LogP contribution in [-0.2, 0) is 19.0 Å². The zero-order valence-electron chi connectivity index (χ0n) is 10.5. The lowest BCUT2D eigenvalue weighted by Gasteiger charge is -2.16. The minimum absolute atomic E-state index is 0.231. The largest absolute Gasteiger partial charge is 0.441 e. The van der Waals surface area contributed by atoms with Crippen molar-refractivity contribution in [3.05, 3.63) is 34.6 Å². The summed E-state index contributed by atoms with van der Waals surface area (Å²) in [4.78, 5) is 15.6. The Morgan fingerprint density at radius 2 is 2.12 bits per heavy atom. The molecule has 2 aromatic rings. The number of nitrogens with zero attached hydrogens (tertiary/aromatic N) is 4. The second kappa shape index (κ2) is 3.87. The van der Waals surface area contributed by atoms with Gasteiger partial charge in [0.15, 0.2) is 5.82 Å². The third-order valence-corrected chi connectivity index (χ3v) is 2.59. The van der Waals surface area contributed by atoms with Gasteiger partial charge in [0.1, 0.15) is 0 Å². The van der Waals surface area contributed by atoms with E-state index in [2.05, 4.69) is 10.1 Å². The maximum Gasteiger partial charge on any atom is 0.441 e. The Bertz CT molecular complexity index is 571. The van der Waals surface area contributed by atoms with Gasteiger partial charge in [0, 0.05) is 18.7 Å². The maximum absolute atomic E-state index is 11.6. The van der Waals surface area contributed by atoms with Crippen molar-refractivity contribution in [2.24, 2.45) is 7.05 Å². The van der Waals surface area contributed by atoms with E-state index in [0.717, 1.165) is 5.69 Å². The summed E-state index contributed by atoms with van der Waals surface area (Å²) < 4.78 is 8.14. The summed E-state index contributed by atoms with van der Waals surface area (Å²) in [6.45, 7) is 6.39. The van der Waals surface area contributed by atoms with Crippen LogP contribution in [0.25, 0.3) is 0 Å². The third-order valence-electron chi connectivity index (χ3n) is 2.59. The molecule has 0 unspecified atom stereocenters. The highest BCUT2D eigenvalue weighted by Gasteiger charge is 2.24. The number of hydrogen-bond donors (Lipinski definition) is 0. The van der Waals surface area contributed by atoms with Crippen molar-refractivity contribution in [2.75, 3.05) is 0 Å². The van der Waals surface area contributed by atoms with E-state index in [4.69, 9.17) is 4.52 Å². The van der Waals surface area contributed by atoms with Crippen molar-refractivity contribution in [3.63, 3.8) is 0 Å². The molecule has 0 saturated carbocycles. The topological polar surface area (TPSA) is 65.8 Å². The van der Waals surface area contributed by atoms with Gasteiger partial charge in [-0.2, -0.15) is 0 Å². The van der Waals surface area contributed by atoms with E-state index in [1.165, 1.54) is 4.57 Å². The molecule has 2 rings (SSSR count). The zero-order chi connectivity index (χ0) is 12.6. The van der Waals surface area contributed by atoms with Gasteiger partial charge in [0.05, 0.1) is 18.6 Å². The minimum atomic E-state index is -0.434. The van der Waals surface area contributed by atoms with Crippen LogP contribution in [0.5, 0.6) is 0 Å². The SMILES string of the molecule is Cn1cncc1Cn1c(C(C)(C)C)noc1=O. The Balaban J connectivity index is 2.43.